The summed E-state index contributed by atoms with van der Waals surface area (Å²) in [5.74, 6) is 1.10. The first-order valence-corrected chi connectivity index (χ1v) is 14.0. The highest BCUT2D eigenvalue weighted by atomic mass is 16.5. The Morgan fingerprint density at radius 3 is 2.67 bits per heavy atom. The summed E-state index contributed by atoms with van der Waals surface area (Å²) in [6.07, 6.45) is 5.91. The van der Waals surface area contributed by atoms with E-state index in [0.29, 0.717) is 17.9 Å². The standard InChI is InChI=1S/C29H41N7O3/c1-16-13-32-33-17(2)26(16)18(3)39-25-10-22-23(11-24(25)38-6)34-35-27(22)20-9-19(12-30)28(31-14-20)36-8-7-21(15-36)29(4,5)37/h9,13-14,18,21-25,27,34-35,37H,7-8,10-11,15H2,1-6H3/t18-,21-,22?,23?,24?,25?,27?/m1/s1. The van der Waals surface area contributed by atoms with Gasteiger partial charge in [-0.25, -0.2) is 10.4 Å². The maximum Gasteiger partial charge on any atom is 0.146 e. The van der Waals surface area contributed by atoms with Crippen LogP contribution in [0.25, 0.3) is 0 Å². The number of aromatic nitrogens is 3. The van der Waals surface area contributed by atoms with Crippen LogP contribution < -0.4 is 15.8 Å². The minimum absolute atomic E-state index is 0.00312. The van der Waals surface area contributed by atoms with Crippen molar-refractivity contribution in [3.8, 4) is 6.07 Å². The summed E-state index contributed by atoms with van der Waals surface area (Å²) >= 11 is 0. The molecule has 1 aliphatic carbocycles. The molecule has 2 aromatic rings. The van der Waals surface area contributed by atoms with Crippen molar-refractivity contribution in [1.82, 2.24) is 26.0 Å². The van der Waals surface area contributed by atoms with Gasteiger partial charge >= 0.3 is 0 Å². The summed E-state index contributed by atoms with van der Waals surface area (Å²) in [7, 11) is 1.75. The molecular weight excluding hydrogens is 494 g/mol. The molecule has 0 amide bonds. The van der Waals surface area contributed by atoms with Crippen molar-refractivity contribution in [2.75, 3.05) is 25.1 Å². The zero-order valence-corrected chi connectivity index (χ0v) is 23.8. The van der Waals surface area contributed by atoms with Crippen molar-refractivity contribution >= 4 is 5.82 Å². The third-order valence-electron chi connectivity index (χ3n) is 8.99. The number of hydrogen-bond acceptors (Lipinski definition) is 10. The largest absolute Gasteiger partial charge is 0.390 e. The number of methoxy groups -OCH3 is 1. The molecule has 10 nitrogen and oxygen atoms in total. The maximum absolute atomic E-state index is 10.5. The number of hydrazine groups is 1. The average Bonchev–Trinajstić information content (AvgIpc) is 3.55. The molecule has 2 aliphatic heterocycles. The van der Waals surface area contributed by atoms with E-state index in [9.17, 15) is 10.4 Å². The van der Waals surface area contributed by atoms with Crippen LogP contribution in [-0.4, -0.2) is 64.3 Å². The maximum atomic E-state index is 10.5. The topological polar surface area (TPSA) is 128 Å². The highest BCUT2D eigenvalue weighted by Gasteiger charge is 2.46. The van der Waals surface area contributed by atoms with E-state index in [1.807, 2.05) is 40.0 Å². The Balaban J connectivity index is 1.34. The third kappa shape index (κ3) is 5.52. The Morgan fingerprint density at radius 1 is 1.21 bits per heavy atom. The van der Waals surface area contributed by atoms with E-state index in [0.717, 1.165) is 48.2 Å². The predicted molar refractivity (Wildman–Crippen MR) is 147 cm³/mol. The lowest BCUT2D eigenvalue weighted by Crippen LogP contribution is -2.47. The zero-order valence-electron chi connectivity index (χ0n) is 23.8. The second-order valence-electron chi connectivity index (χ2n) is 12.0. The SMILES string of the molecule is COC1CC2NNC(c3cnc(N4CC[C@@H](C(C)(C)O)C4)c(C#N)c3)C2CC1O[C@H](C)c1c(C)cnnc1C. The van der Waals surface area contributed by atoms with Crippen LogP contribution in [-0.2, 0) is 9.47 Å². The Kier molecular flexibility index (Phi) is 7.91. The second kappa shape index (κ2) is 11.1. The predicted octanol–water partition coefficient (Wildman–Crippen LogP) is 3.05. The van der Waals surface area contributed by atoms with Gasteiger partial charge in [0.05, 0.1) is 47.4 Å². The molecule has 10 heteroatoms. The molecule has 4 heterocycles. The van der Waals surface area contributed by atoms with Crippen LogP contribution >= 0.6 is 0 Å². The number of pyridine rings is 1. The number of ether oxygens (including phenoxy) is 2. The van der Waals surface area contributed by atoms with E-state index in [-0.39, 0.29) is 42.2 Å². The van der Waals surface area contributed by atoms with Gasteiger partial charge in [0.2, 0.25) is 0 Å². The van der Waals surface area contributed by atoms with E-state index in [4.69, 9.17) is 14.5 Å². The molecule has 5 rings (SSSR count). The van der Waals surface area contributed by atoms with Gasteiger partial charge in [-0.2, -0.15) is 15.5 Å². The molecule has 7 atom stereocenters. The molecule has 2 aromatic heterocycles. The van der Waals surface area contributed by atoms with E-state index in [1.54, 1.807) is 13.3 Å². The monoisotopic (exact) mass is 535 g/mol. The number of nitrogens with zero attached hydrogens (tertiary/aromatic N) is 5. The number of rotatable bonds is 7. The summed E-state index contributed by atoms with van der Waals surface area (Å²) in [6.45, 7) is 11.3. The third-order valence-corrected chi connectivity index (χ3v) is 8.99. The summed E-state index contributed by atoms with van der Waals surface area (Å²) in [5, 5.41) is 28.8. The van der Waals surface area contributed by atoms with Gasteiger partial charge in [0.1, 0.15) is 11.9 Å². The number of nitrogens with one attached hydrogen (secondary N) is 2. The van der Waals surface area contributed by atoms with Gasteiger partial charge in [0.25, 0.3) is 0 Å². The van der Waals surface area contributed by atoms with Crippen LogP contribution in [0.4, 0.5) is 5.82 Å². The molecule has 0 spiro atoms. The fourth-order valence-electron chi connectivity index (χ4n) is 6.78. The molecule has 3 N–H and O–H groups in total. The Hall–Kier alpha value is -2.68. The van der Waals surface area contributed by atoms with E-state index >= 15 is 0 Å². The smallest absolute Gasteiger partial charge is 0.146 e. The number of anilines is 1. The first-order valence-electron chi connectivity index (χ1n) is 14.0. The van der Waals surface area contributed by atoms with Crippen molar-refractivity contribution in [1.29, 1.82) is 5.26 Å². The van der Waals surface area contributed by atoms with Crippen LogP contribution in [0, 0.1) is 37.0 Å². The fraction of sp³-hybridized carbons (Fsp3) is 0.655. The van der Waals surface area contributed by atoms with Gasteiger partial charge in [-0.15, -0.1) is 0 Å². The molecule has 0 bridgehead atoms. The Labute approximate surface area is 231 Å². The number of nitriles is 1. The number of fused-ring (bicyclic) bond motifs is 1. The van der Waals surface area contributed by atoms with Crippen LogP contribution in [0.15, 0.2) is 18.5 Å². The summed E-state index contributed by atoms with van der Waals surface area (Å²) in [5.41, 5.74) is 10.8. The molecule has 210 valence electrons. The van der Waals surface area contributed by atoms with Gasteiger partial charge < -0.3 is 19.5 Å². The molecule has 3 aliphatic rings. The fourth-order valence-corrected chi connectivity index (χ4v) is 6.78. The van der Waals surface area contributed by atoms with E-state index < -0.39 is 5.60 Å². The molecular formula is C29H41N7O3. The van der Waals surface area contributed by atoms with E-state index in [1.165, 1.54) is 0 Å². The van der Waals surface area contributed by atoms with Crippen molar-refractivity contribution in [3.63, 3.8) is 0 Å². The minimum atomic E-state index is -0.752. The summed E-state index contributed by atoms with van der Waals surface area (Å²) in [6, 6.07) is 4.56. The van der Waals surface area contributed by atoms with Crippen LogP contribution in [0.1, 0.15) is 80.1 Å². The van der Waals surface area contributed by atoms with Gasteiger partial charge in [0.15, 0.2) is 0 Å². The molecule has 2 saturated heterocycles. The number of aliphatic hydroxyl groups is 1. The minimum Gasteiger partial charge on any atom is -0.390 e. The highest BCUT2D eigenvalue weighted by Crippen LogP contribution is 2.42. The molecule has 1 saturated carbocycles. The molecule has 39 heavy (non-hydrogen) atoms. The number of aryl methyl sites for hydroxylation is 2. The lowest BCUT2D eigenvalue weighted by atomic mass is 9.77. The summed E-state index contributed by atoms with van der Waals surface area (Å²) < 4.78 is 12.6. The average molecular weight is 536 g/mol. The molecule has 5 unspecified atom stereocenters. The second-order valence-corrected chi connectivity index (χ2v) is 12.0. The lowest BCUT2D eigenvalue weighted by molar-refractivity contribution is -0.117. The van der Waals surface area contributed by atoms with Crippen molar-refractivity contribution in [2.45, 2.75) is 89.9 Å². The van der Waals surface area contributed by atoms with Gasteiger partial charge in [-0.05, 0) is 77.0 Å². The van der Waals surface area contributed by atoms with Crippen LogP contribution in [0.2, 0.25) is 0 Å². The first-order chi connectivity index (χ1) is 18.6. The van der Waals surface area contributed by atoms with Crippen LogP contribution in [0.3, 0.4) is 0 Å². The van der Waals surface area contributed by atoms with Crippen LogP contribution in [0.5, 0.6) is 0 Å². The van der Waals surface area contributed by atoms with Gasteiger partial charge in [0, 0.05) is 43.9 Å². The van der Waals surface area contributed by atoms with Gasteiger partial charge in [-0.3, -0.25) is 5.43 Å². The normalized spacial score (nSPS) is 29.7. The van der Waals surface area contributed by atoms with E-state index in [2.05, 4.69) is 38.9 Å². The van der Waals surface area contributed by atoms with Gasteiger partial charge in [-0.1, -0.05) is 0 Å². The summed E-state index contributed by atoms with van der Waals surface area (Å²) in [4.78, 5) is 6.90. The first kappa shape index (κ1) is 27.9. The highest BCUT2D eigenvalue weighted by molar-refractivity contribution is 5.56. The Morgan fingerprint density at radius 2 is 2.00 bits per heavy atom. The lowest BCUT2D eigenvalue weighted by Gasteiger charge is -2.39. The Bertz CT molecular complexity index is 1210. The molecule has 0 radical (unpaired) electrons. The zero-order chi connectivity index (χ0) is 27.9. The van der Waals surface area contributed by atoms with Crippen molar-refractivity contribution in [2.24, 2.45) is 11.8 Å². The molecule has 3 fully saturated rings. The number of hydrogen-bond donors (Lipinski definition) is 3. The quantitative estimate of drug-likeness (QED) is 0.487. The van der Waals surface area contributed by atoms with Crippen molar-refractivity contribution in [3.05, 3.63) is 46.4 Å². The molecule has 0 aromatic carbocycles. The van der Waals surface area contributed by atoms with Crippen molar-refractivity contribution < 1.29 is 14.6 Å².